The lowest BCUT2D eigenvalue weighted by Crippen LogP contribution is -2.13. The van der Waals surface area contributed by atoms with E-state index in [-0.39, 0.29) is 4.90 Å². The van der Waals surface area contributed by atoms with Crippen molar-refractivity contribution < 1.29 is 13.2 Å². The minimum absolute atomic E-state index is 0.185. The summed E-state index contributed by atoms with van der Waals surface area (Å²) in [6.45, 7) is 0. The highest BCUT2D eigenvalue weighted by atomic mass is 32.2. The molecule has 0 aliphatic carbocycles. The summed E-state index contributed by atoms with van der Waals surface area (Å²) in [5, 5.41) is 1.84. The summed E-state index contributed by atoms with van der Waals surface area (Å²) >= 11 is 0. The van der Waals surface area contributed by atoms with Crippen LogP contribution in [0.15, 0.2) is 95.9 Å². The molecule has 0 amide bonds. The SMILES string of the molecule is COc1ccc(S(=O)(=O)Nc2ccc(-c3ccccc3)c3ccccc23)cc1. The first-order chi connectivity index (χ1) is 13.6. The van der Waals surface area contributed by atoms with Gasteiger partial charge < -0.3 is 4.74 Å². The summed E-state index contributed by atoms with van der Waals surface area (Å²) in [5.41, 5.74) is 2.69. The van der Waals surface area contributed by atoms with Crippen molar-refractivity contribution in [3.05, 3.63) is 91.0 Å². The van der Waals surface area contributed by atoms with Crippen LogP contribution >= 0.6 is 0 Å². The van der Waals surface area contributed by atoms with Crippen LogP contribution < -0.4 is 9.46 Å². The molecule has 1 N–H and O–H groups in total. The molecular formula is C23H19NO3S. The Balaban J connectivity index is 1.77. The van der Waals surface area contributed by atoms with Gasteiger partial charge in [0.25, 0.3) is 10.0 Å². The van der Waals surface area contributed by atoms with Crippen molar-refractivity contribution in [3.8, 4) is 16.9 Å². The van der Waals surface area contributed by atoms with Crippen molar-refractivity contribution in [2.45, 2.75) is 4.90 Å². The summed E-state index contributed by atoms with van der Waals surface area (Å²) < 4.78 is 33.5. The number of anilines is 1. The molecule has 0 spiro atoms. The molecule has 28 heavy (non-hydrogen) atoms. The van der Waals surface area contributed by atoms with Crippen molar-refractivity contribution in [1.29, 1.82) is 0 Å². The lowest BCUT2D eigenvalue weighted by Gasteiger charge is -2.14. The van der Waals surface area contributed by atoms with Crippen molar-refractivity contribution in [2.24, 2.45) is 0 Å². The van der Waals surface area contributed by atoms with E-state index < -0.39 is 10.0 Å². The Morgan fingerprint density at radius 3 is 2.04 bits per heavy atom. The quantitative estimate of drug-likeness (QED) is 0.503. The first kappa shape index (κ1) is 18.1. The highest BCUT2D eigenvalue weighted by Gasteiger charge is 2.16. The fourth-order valence-corrected chi connectivity index (χ4v) is 4.30. The molecule has 0 heterocycles. The molecule has 4 rings (SSSR count). The first-order valence-corrected chi connectivity index (χ1v) is 10.3. The van der Waals surface area contributed by atoms with Gasteiger partial charge in [-0.2, -0.15) is 0 Å². The average Bonchev–Trinajstić information content (AvgIpc) is 2.74. The summed E-state index contributed by atoms with van der Waals surface area (Å²) in [4.78, 5) is 0.185. The van der Waals surface area contributed by atoms with Crippen LogP contribution in [0.1, 0.15) is 0 Å². The van der Waals surface area contributed by atoms with E-state index in [1.54, 1.807) is 19.2 Å². The third-order valence-corrected chi connectivity index (χ3v) is 6.00. The van der Waals surface area contributed by atoms with Gasteiger partial charge in [-0.25, -0.2) is 8.42 Å². The number of hydrogen-bond donors (Lipinski definition) is 1. The van der Waals surface area contributed by atoms with Crippen LogP contribution in [-0.4, -0.2) is 15.5 Å². The Morgan fingerprint density at radius 2 is 1.36 bits per heavy atom. The summed E-state index contributed by atoms with van der Waals surface area (Å²) in [5.74, 6) is 0.608. The highest BCUT2D eigenvalue weighted by Crippen LogP contribution is 2.34. The summed E-state index contributed by atoms with van der Waals surface area (Å²) in [6, 6.07) is 27.9. The third kappa shape index (κ3) is 3.44. The lowest BCUT2D eigenvalue weighted by molar-refractivity contribution is 0.414. The summed E-state index contributed by atoms with van der Waals surface area (Å²) in [6.07, 6.45) is 0. The number of fused-ring (bicyclic) bond motifs is 1. The predicted octanol–water partition coefficient (Wildman–Crippen LogP) is 5.32. The Kier molecular flexibility index (Phi) is 4.75. The molecule has 0 atom stereocenters. The van der Waals surface area contributed by atoms with E-state index in [0.29, 0.717) is 11.4 Å². The molecule has 0 aliphatic heterocycles. The van der Waals surface area contributed by atoms with Crippen LogP contribution in [0.5, 0.6) is 5.75 Å². The van der Waals surface area contributed by atoms with Gasteiger partial charge in [-0.3, -0.25) is 4.72 Å². The van der Waals surface area contributed by atoms with Gasteiger partial charge in [-0.1, -0.05) is 60.7 Å². The van der Waals surface area contributed by atoms with Crippen LogP contribution in [-0.2, 0) is 10.0 Å². The maximum absolute atomic E-state index is 12.8. The van der Waals surface area contributed by atoms with E-state index in [2.05, 4.69) is 4.72 Å². The molecular weight excluding hydrogens is 370 g/mol. The molecule has 5 heteroatoms. The predicted molar refractivity (Wildman–Crippen MR) is 113 cm³/mol. The van der Waals surface area contributed by atoms with E-state index in [0.717, 1.165) is 21.9 Å². The lowest BCUT2D eigenvalue weighted by atomic mass is 9.97. The van der Waals surface area contributed by atoms with Gasteiger partial charge in [0.1, 0.15) is 5.75 Å². The van der Waals surface area contributed by atoms with Crippen LogP contribution in [0.4, 0.5) is 5.69 Å². The zero-order chi connectivity index (χ0) is 19.6. The van der Waals surface area contributed by atoms with E-state index in [1.807, 2.05) is 66.7 Å². The van der Waals surface area contributed by atoms with Crippen LogP contribution in [0.3, 0.4) is 0 Å². The second-order valence-corrected chi connectivity index (χ2v) is 8.04. The minimum atomic E-state index is -3.71. The smallest absolute Gasteiger partial charge is 0.261 e. The van der Waals surface area contributed by atoms with Gasteiger partial charge in [-0.15, -0.1) is 0 Å². The summed E-state index contributed by atoms with van der Waals surface area (Å²) in [7, 11) is -2.17. The zero-order valence-corrected chi connectivity index (χ0v) is 16.1. The number of nitrogens with one attached hydrogen (secondary N) is 1. The number of methoxy groups -OCH3 is 1. The molecule has 0 radical (unpaired) electrons. The third-order valence-electron chi connectivity index (χ3n) is 4.62. The maximum Gasteiger partial charge on any atom is 0.261 e. The fourth-order valence-electron chi connectivity index (χ4n) is 3.22. The Hall–Kier alpha value is -3.31. The first-order valence-electron chi connectivity index (χ1n) is 8.82. The van der Waals surface area contributed by atoms with E-state index in [4.69, 9.17) is 4.74 Å². The Morgan fingerprint density at radius 1 is 0.714 bits per heavy atom. The van der Waals surface area contributed by atoms with Crippen LogP contribution in [0, 0.1) is 0 Å². The van der Waals surface area contributed by atoms with Crippen LogP contribution in [0.25, 0.3) is 21.9 Å². The van der Waals surface area contributed by atoms with Crippen molar-refractivity contribution in [2.75, 3.05) is 11.8 Å². The van der Waals surface area contributed by atoms with Gasteiger partial charge >= 0.3 is 0 Å². The van der Waals surface area contributed by atoms with E-state index in [9.17, 15) is 8.42 Å². The number of ether oxygens (including phenoxy) is 1. The van der Waals surface area contributed by atoms with Gasteiger partial charge in [0.05, 0.1) is 17.7 Å². The molecule has 140 valence electrons. The maximum atomic E-state index is 12.8. The standard InChI is InChI=1S/C23H19NO3S/c1-27-18-11-13-19(14-12-18)28(25,26)24-23-16-15-20(17-7-3-2-4-8-17)21-9-5-6-10-22(21)23/h2-16,24H,1H3. The van der Waals surface area contributed by atoms with Crippen molar-refractivity contribution >= 4 is 26.5 Å². The normalized spacial score (nSPS) is 11.3. The minimum Gasteiger partial charge on any atom is -0.497 e. The largest absolute Gasteiger partial charge is 0.497 e. The van der Waals surface area contributed by atoms with E-state index in [1.165, 1.54) is 12.1 Å². The molecule has 4 nitrogen and oxygen atoms in total. The van der Waals surface area contributed by atoms with Gasteiger partial charge in [0, 0.05) is 5.39 Å². The molecule has 0 saturated carbocycles. The van der Waals surface area contributed by atoms with Gasteiger partial charge in [0.2, 0.25) is 0 Å². The van der Waals surface area contributed by atoms with Crippen molar-refractivity contribution in [3.63, 3.8) is 0 Å². The van der Waals surface area contributed by atoms with Crippen molar-refractivity contribution in [1.82, 2.24) is 0 Å². The monoisotopic (exact) mass is 389 g/mol. The molecule has 0 aliphatic rings. The molecule has 0 saturated heterocycles. The topological polar surface area (TPSA) is 55.4 Å². The molecule has 4 aromatic carbocycles. The molecule has 4 aromatic rings. The number of hydrogen-bond acceptors (Lipinski definition) is 3. The fraction of sp³-hybridized carbons (Fsp3) is 0.0435. The van der Waals surface area contributed by atoms with E-state index >= 15 is 0 Å². The van der Waals surface area contributed by atoms with Gasteiger partial charge in [0.15, 0.2) is 0 Å². The molecule has 0 unspecified atom stereocenters. The zero-order valence-electron chi connectivity index (χ0n) is 15.3. The highest BCUT2D eigenvalue weighted by molar-refractivity contribution is 7.92. The molecule has 0 aromatic heterocycles. The molecule has 0 bridgehead atoms. The average molecular weight is 389 g/mol. The second-order valence-electron chi connectivity index (χ2n) is 6.35. The number of rotatable bonds is 5. The Labute approximate surface area is 164 Å². The van der Waals surface area contributed by atoms with Crippen LogP contribution in [0.2, 0.25) is 0 Å². The Bertz CT molecular complexity index is 1220. The number of sulfonamides is 1. The van der Waals surface area contributed by atoms with Gasteiger partial charge in [-0.05, 0) is 46.8 Å². The molecule has 0 fully saturated rings. The second kappa shape index (κ2) is 7.37. The number of benzene rings is 4.